The number of amides is 1. The fourth-order valence-electron chi connectivity index (χ4n) is 2.24. The molecule has 1 fully saturated rings. The van der Waals surface area contributed by atoms with Crippen LogP contribution in [0, 0.1) is 5.82 Å². The third-order valence-electron chi connectivity index (χ3n) is 2.98. The molecule has 1 aromatic heterocycles. The first kappa shape index (κ1) is 13.9. The Morgan fingerprint density at radius 3 is 2.95 bits per heavy atom. The number of nitrogens with two attached hydrogens (primary N) is 1. The van der Waals surface area contributed by atoms with Crippen LogP contribution < -0.4 is 5.73 Å². The number of morpholine rings is 1. The highest BCUT2D eigenvalue weighted by atomic mass is 19.1. The van der Waals surface area contributed by atoms with Crippen LogP contribution in [0.25, 0.3) is 0 Å². The highest BCUT2D eigenvalue weighted by Crippen LogP contribution is 2.21. The number of carbonyl (C=O) groups is 1. The molecule has 0 bridgehead atoms. The molecule has 1 unspecified atom stereocenters. The van der Waals surface area contributed by atoms with Crippen LogP contribution in [0.1, 0.15) is 24.3 Å². The average Bonchev–Trinajstić information content (AvgIpc) is 2.37. The van der Waals surface area contributed by atoms with E-state index in [9.17, 15) is 9.18 Å². The topological polar surface area (TPSA) is 68.5 Å². The van der Waals surface area contributed by atoms with Crippen molar-refractivity contribution in [1.29, 1.82) is 0 Å². The van der Waals surface area contributed by atoms with E-state index in [2.05, 4.69) is 4.98 Å². The minimum absolute atomic E-state index is 0.187. The van der Waals surface area contributed by atoms with Crippen LogP contribution in [0.4, 0.5) is 4.39 Å². The molecule has 1 aromatic rings. The van der Waals surface area contributed by atoms with Gasteiger partial charge in [-0.1, -0.05) is 0 Å². The van der Waals surface area contributed by atoms with E-state index in [4.69, 9.17) is 10.5 Å². The minimum atomic E-state index is -0.460. The van der Waals surface area contributed by atoms with Crippen LogP contribution in [-0.2, 0) is 4.74 Å². The third kappa shape index (κ3) is 3.27. The van der Waals surface area contributed by atoms with Crippen molar-refractivity contribution in [1.82, 2.24) is 9.88 Å². The molecule has 104 valence electrons. The van der Waals surface area contributed by atoms with Crippen molar-refractivity contribution in [3.05, 3.63) is 29.8 Å². The normalized spacial score (nSPS) is 22.3. The predicted octanol–water partition coefficient (Wildman–Crippen LogP) is 0.799. The zero-order valence-electron chi connectivity index (χ0n) is 11.1. The van der Waals surface area contributed by atoms with Gasteiger partial charge < -0.3 is 15.4 Å². The Labute approximate surface area is 111 Å². The number of carbonyl (C=O) groups excluding carboxylic acids is 1. The lowest BCUT2D eigenvalue weighted by atomic mass is 10.0. The lowest BCUT2D eigenvalue weighted by Gasteiger charge is -2.42. The van der Waals surface area contributed by atoms with Gasteiger partial charge in [-0.2, -0.15) is 0 Å². The van der Waals surface area contributed by atoms with E-state index in [-0.39, 0.29) is 17.7 Å². The summed E-state index contributed by atoms with van der Waals surface area (Å²) in [6, 6.07) is 2.61. The van der Waals surface area contributed by atoms with Gasteiger partial charge in [0.2, 0.25) is 0 Å². The monoisotopic (exact) mass is 267 g/mol. The van der Waals surface area contributed by atoms with Gasteiger partial charge in [0.1, 0.15) is 11.5 Å². The molecule has 1 amide bonds. The second-order valence-electron chi connectivity index (χ2n) is 5.28. The standard InChI is InChI=1S/C13H18FN3O2/c1-13(2)8-17(7-10(5-15)19-13)12(18)11-4-3-9(14)6-16-11/h3-4,6,10H,5,7-8,15H2,1-2H3. The van der Waals surface area contributed by atoms with Gasteiger partial charge in [-0.25, -0.2) is 9.37 Å². The molecule has 1 aliphatic rings. The molecule has 1 atom stereocenters. The molecular weight excluding hydrogens is 249 g/mol. The Hall–Kier alpha value is -1.53. The molecule has 0 radical (unpaired) electrons. The number of halogens is 1. The molecule has 0 spiro atoms. The summed E-state index contributed by atoms with van der Waals surface area (Å²) in [6.45, 7) is 5.06. The highest BCUT2D eigenvalue weighted by Gasteiger charge is 2.35. The molecule has 19 heavy (non-hydrogen) atoms. The van der Waals surface area contributed by atoms with Gasteiger partial charge in [0.15, 0.2) is 0 Å². The predicted molar refractivity (Wildman–Crippen MR) is 68.1 cm³/mol. The largest absolute Gasteiger partial charge is 0.367 e. The molecule has 0 saturated carbocycles. The molecule has 0 aliphatic carbocycles. The van der Waals surface area contributed by atoms with Crippen LogP contribution in [0.5, 0.6) is 0 Å². The first-order chi connectivity index (χ1) is 8.91. The molecular formula is C13H18FN3O2. The number of hydrogen-bond acceptors (Lipinski definition) is 4. The minimum Gasteiger partial charge on any atom is -0.367 e. The number of pyridine rings is 1. The van der Waals surface area contributed by atoms with Gasteiger partial charge in [-0.05, 0) is 26.0 Å². The van der Waals surface area contributed by atoms with E-state index in [1.54, 1.807) is 4.90 Å². The van der Waals surface area contributed by atoms with E-state index in [0.29, 0.717) is 19.6 Å². The SMILES string of the molecule is CC1(C)CN(C(=O)c2ccc(F)cn2)CC(CN)O1. The summed E-state index contributed by atoms with van der Waals surface area (Å²) in [5, 5.41) is 0. The molecule has 2 rings (SSSR count). The van der Waals surface area contributed by atoms with Crippen LogP contribution in [-0.4, -0.2) is 47.1 Å². The quantitative estimate of drug-likeness (QED) is 0.860. The average molecular weight is 267 g/mol. The van der Waals surface area contributed by atoms with E-state index < -0.39 is 11.4 Å². The van der Waals surface area contributed by atoms with Gasteiger partial charge in [0.25, 0.3) is 5.91 Å². The molecule has 1 aliphatic heterocycles. The van der Waals surface area contributed by atoms with E-state index in [1.807, 2.05) is 13.8 Å². The number of nitrogens with zero attached hydrogens (tertiary/aromatic N) is 2. The van der Waals surface area contributed by atoms with E-state index in [0.717, 1.165) is 6.20 Å². The summed E-state index contributed by atoms with van der Waals surface area (Å²) in [5.41, 5.74) is 5.40. The van der Waals surface area contributed by atoms with Gasteiger partial charge in [0, 0.05) is 19.6 Å². The fourth-order valence-corrected chi connectivity index (χ4v) is 2.24. The zero-order valence-corrected chi connectivity index (χ0v) is 11.1. The van der Waals surface area contributed by atoms with Crippen molar-refractivity contribution in [3.8, 4) is 0 Å². The first-order valence-corrected chi connectivity index (χ1v) is 6.20. The maximum atomic E-state index is 12.8. The number of rotatable bonds is 2. The number of aromatic nitrogens is 1. The summed E-state index contributed by atoms with van der Waals surface area (Å²) >= 11 is 0. The van der Waals surface area contributed by atoms with Crippen molar-refractivity contribution < 1.29 is 13.9 Å². The zero-order chi connectivity index (χ0) is 14.0. The fraction of sp³-hybridized carbons (Fsp3) is 0.538. The van der Waals surface area contributed by atoms with Gasteiger partial charge >= 0.3 is 0 Å². The second-order valence-corrected chi connectivity index (χ2v) is 5.28. The van der Waals surface area contributed by atoms with E-state index >= 15 is 0 Å². The summed E-state index contributed by atoms with van der Waals surface area (Å²) in [5.74, 6) is -0.687. The Bertz CT molecular complexity index is 461. The first-order valence-electron chi connectivity index (χ1n) is 6.20. The Morgan fingerprint density at radius 2 is 2.37 bits per heavy atom. The van der Waals surface area contributed by atoms with Crippen molar-refractivity contribution in [3.63, 3.8) is 0 Å². The summed E-state index contributed by atoms with van der Waals surface area (Å²) < 4.78 is 18.6. The molecule has 6 heteroatoms. The highest BCUT2D eigenvalue weighted by molar-refractivity contribution is 5.92. The van der Waals surface area contributed by atoms with E-state index in [1.165, 1.54) is 12.1 Å². The Morgan fingerprint density at radius 1 is 1.63 bits per heavy atom. The third-order valence-corrected chi connectivity index (χ3v) is 2.98. The lowest BCUT2D eigenvalue weighted by molar-refractivity contribution is -0.122. The Kier molecular flexibility index (Phi) is 3.82. The Balaban J connectivity index is 2.16. The maximum Gasteiger partial charge on any atom is 0.272 e. The van der Waals surface area contributed by atoms with Crippen LogP contribution >= 0.6 is 0 Å². The van der Waals surface area contributed by atoms with Crippen LogP contribution in [0.3, 0.4) is 0 Å². The number of hydrogen-bond donors (Lipinski definition) is 1. The lowest BCUT2D eigenvalue weighted by Crippen LogP contribution is -2.56. The van der Waals surface area contributed by atoms with Crippen molar-refractivity contribution >= 4 is 5.91 Å². The van der Waals surface area contributed by atoms with Gasteiger partial charge in [-0.3, -0.25) is 4.79 Å². The van der Waals surface area contributed by atoms with Crippen molar-refractivity contribution in [2.24, 2.45) is 5.73 Å². The summed E-state index contributed by atoms with van der Waals surface area (Å²) in [7, 11) is 0. The van der Waals surface area contributed by atoms with Crippen LogP contribution in [0.2, 0.25) is 0 Å². The smallest absolute Gasteiger partial charge is 0.272 e. The number of ether oxygens (including phenoxy) is 1. The maximum absolute atomic E-state index is 12.8. The molecule has 1 saturated heterocycles. The molecule has 2 N–H and O–H groups in total. The molecule has 0 aromatic carbocycles. The van der Waals surface area contributed by atoms with Crippen molar-refractivity contribution in [2.75, 3.05) is 19.6 Å². The molecule has 2 heterocycles. The second kappa shape index (κ2) is 5.22. The van der Waals surface area contributed by atoms with Crippen molar-refractivity contribution in [2.45, 2.75) is 25.6 Å². The summed E-state index contributed by atoms with van der Waals surface area (Å²) in [6.07, 6.45) is 0.854. The van der Waals surface area contributed by atoms with Gasteiger partial charge in [0.05, 0.1) is 17.9 Å². The summed E-state index contributed by atoms with van der Waals surface area (Å²) in [4.78, 5) is 17.8. The van der Waals surface area contributed by atoms with Crippen LogP contribution in [0.15, 0.2) is 18.3 Å². The van der Waals surface area contributed by atoms with Gasteiger partial charge in [-0.15, -0.1) is 0 Å². The molecule has 5 nitrogen and oxygen atoms in total.